The van der Waals surface area contributed by atoms with E-state index in [0.29, 0.717) is 22.1 Å². The molecule has 2 aromatic carbocycles. The summed E-state index contributed by atoms with van der Waals surface area (Å²) in [5.74, 6) is 1.19. The second-order valence-electron chi connectivity index (χ2n) is 4.24. The molecule has 0 fully saturated rings. The second kappa shape index (κ2) is 5.31. The van der Waals surface area contributed by atoms with Crippen LogP contribution in [0.25, 0.3) is 10.9 Å². The zero-order chi connectivity index (χ0) is 13.9. The van der Waals surface area contributed by atoms with Gasteiger partial charge in [-0.15, -0.1) is 0 Å². The first-order valence-electron chi connectivity index (χ1n) is 6.04. The van der Waals surface area contributed by atoms with Gasteiger partial charge in [-0.1, -0.05) is 17.7 Å². The Labute approximate surface area is 120 Å². The lowest BCUT2D eigenvalue weighted by atomic mass is 10.2. The summed E-state index contributed by atoms with van der Waals surface area (Å²) in [6.45, 7) is 0. The molecule has 0 bridgehead atoms. The summed E-state index contributed by atoms with van der Waals surface area (Å²) in [5, 5.41) is 1.31. The number of pyridine rings is 1. The number of hydrogen-bond acceptors (Lipinski definition) is 3. The number of rotatable bonds is 3. The van der Waals surface area contributed by atoms with E-state index < -0.39 is 0 Å². The van der Waals surface area contributed by atoms with Gasteiger partial charge in [0.1, 0.15) is 17.8 Å². The Morgan fingerprint density at radius 3 is 2.75 bits per heavy atom. The van der Waals surface area contributed by atoms with E-state index in [9.17, 15) is 4.79 Å². The van der Waals surface area contributed by atoms with Crippen molar-refractivity contribution in [3.8, 4) is 11.5 Å². The minimum absolute atomic E-state index is 0.399. The fraction of sp³-hybridized carbons (Fsp3) is 0. The average molecular weight is 284 g/mol. The van der Waals surface area contributed by atoms with Gasteiger partial charge < -0.3 is 4.74 Å². The Kier molecular flexibility index (Phi) is 3.35. The van der Waals surface area contributed by atoms with E-state index in [1.54, 1.807) is 24.4 Å². The highest BCUT2D eigenvalue weighted by atomic mass is 35.5. The number of aldehydes is 1. The van der Waals surface area contributed by atoms with Crippen LogP contribution in [0.4, 0.5) is 0 Å². The van der Waals surface area contributed by atoms with Crippen molar-refractivity contribution in [3.63, 3.8) is 0 Å². The van der Waals surface area contributed by atoms with Gasteiger partial charge in [-0.2, -0.15) is 0 Å². The summed E-state index contributed by atoms with van der Waals surface area (Å²) in [4.78, 5) is 15.0. The van der Waals surface area contributed by atoms with Crippen LogP contribution in [0.1, 0.15) is 10.4 Å². The predicted molar refractivity (Wildman–Crippen MR) is 78.7 cm³/mol. The zero-order valence-electron chi connectivity index (χ0n) is 10.4. The largest absolute Gasteiger partial charge is 0.455 e. The molecule has 0 unspecified atom stereocenters. The third-order valence-corrected chi connectivity index (χ3v) is 3.21. The number of fused-ring (bicyclic) bond motifs is 1. The maximum atomic E-state index is 10.7. The molecule has 0 saturated carbocycles. The highest BCUT2D eigenvalue weighted by Gasteiger charge is 2.07. The number of benzene rings is 2. The lowest BCUT2D eigenvalue weighted by Gasteiger charge is -2.10. The first kappa shape index (κ1) is 12.6. The van der Waals surface area contributed by atoms with Gasteiger partial charge in [0.15, 0.2) is 0 Å². The van der Waals surface area contributed by atoms with Crippen LogP contribution in [-0.4, -0.2) is 11.3 Å². The second-order valence-corrected chi connectivity index (χ2v) is 4.64. The summed E-state index contributed by atoms with van der Waals surface area (Å²) in [6.07, 6.45) is 2.48. The molecule has 0 radical (unpaired) electrons. The predicted octanol–water partition coefficient (Wildman–Crippen LogP) is 4.49. The first-order chi connectivity index (χ1) is 9.78. The molecular weight excluding hydrogens is 274 g/mol. The van der Waals surface area contributed by atoms with Crippen LogP contribution in [0.3, 0.4) is 0 Å². The number of hydrogen-bond donors (Lipinski definition) is 0. The Bertz CT molecular complexity index is 781. The van der Waals surface area contributed by atoms with Crippen molar-refractivity contribution in [1.82, 2.24) is 4.98 Å². The van der Waals surface area contributed by atoms with Crippen molar-refractivity contribution >= 4 is 28.8 Å². The number of ether oxygens (including phenoxy) is 1. The molecule has 0 N–H and O–H groups in total. The van der Waals surface area contributed by atoms with Crippen molar-refractivity contribution < 1.29 is 9.53 Å². The lowest BCUT2D eigenvalue weighted by molar-refractivity contribution is 0.112. The average Bonchev–Trinajstić information content (AvgIpc) is 2.49. The quantitative estimate of drug-likeness (QED) is 0.665. The van der Waals surface area contributed by atoms with Crippen molar-refractivity contribution in [2.24, 2.45) is 0 Å². The van der Waals surface area contributed by atoms with Gasteiger partial charge in [0.25, 0.3) is 0 Å². The molecule has 0 spiro atoms. The Morgan fingerprint density at radius 2 is 1.95 bits per heavy atom. The number of halogens is 1. The van der Waals surface area contributed by atoms with E-state index >= 15 is 0 Å². The van der Waals surface area contributed by atoms with Gasteiger partial charge >= 0.3 is 0 Å². The van der Waals surface area contributed by atoms with E-state index in [1.165, 1.54) is 0 Å². The van der Waals surface area contributed by atoms with Crippen LogP contribution >= 0.6 is 11.6 Å². The minimum atomic E-state index is 0.399. The molecule has 20 heavy (non-hydrogen) atoms. The summed E-state index contributed by atoms with van der Waals surface area (Å²) < 4.78 is 5.83. The zero-order valence-corrected chi connectivity index (χ0v) is 11.2. The molecule has 0 aliphatic carbocycles. The highest BCUT2D eigenvalue weighted by molar-refractivity contribution is 6.32. The molecule has 1 aromatic heterocycles. The smallest absolute Gasteiger partial charge is 0.150 e. The normalized spacial score (nSPS) is 10.4. The van der Waals surface area contributed by atoms with Gasteiger partial charge in [-0.25, -0.2) is 0 Å². The topological polar surface area (TPSA) is 39.2 Å². The van der Waals surface area contributed by atoms with Crippen LogP contribution in [-0.2, 0) is 0 Å². The Morgan fingerprint density at radius 1 is 1.05 bits per heavy atom. The standard InChI is InChI=1S/C16H10ClNO2/c17-13-9-11(10-19)6-7-16(13)20-15-5-1-4-14-12(15)3-2-8-18-14/h1-10H. The van der Waals surface area contributed by atoms with Crippen molar-refractivity contribution in [3.05, 3.63) is 65.3 Å². The van der Waals surface area contributed by atoms with Gasteiger partial charge in [-0.05, 0) is 42.5 Å². The van der Waals surface area contributed by atoms with E-state index in [2.05, 4.69) is 4.98 Å². The molecule has 0 aliphatic heterocycles. The number of nitrogens with zero attached hydrogens (tertiary/aromatic N) is 1. The molecule has 3 rings (SSSR count). The highest BCUT2D eigenvalue weighted by Crippen LogP contribution is 2.33. The van der Waals surface area contributed by atoms with Crippen LogP contribution in [0.2, 0.25) is 5.02 Å². The Balaban J connectivity index is 2.03. The van der Waals surface area contributed by atoms with Crippen molar-refractivity contribution in [1.29, 1.82) is 0 Å². The molecule has 0 amide bonds. The molecule has 0 atom stereocenters. The molecule has 0 aliphatic rings. The number of aromatic nitrogens is 1. The summed E-state index contributed by atoms with van der Waals surface area (Å²) >= 11 is 6.11. The van der Waals surface area contributed by atoms with Crippen LogP contribution in [0, 0.1) is 0 Å². The van der Waals surface area contributed by atoms with Crippen LogP contribution < -0.4 is 4.74 Å². The molecule has 3 nitrogen and oxygen atoms in total. The third kappa shape index (κ3) is 2.36. The monoisotopic (exact) mass is 283 g/mol. The van der Waals surface area contributed by atoms with E-state index in [0.717, 1.165) is 17.2 Å². The summed E-state index contributed by atoms with van der Waals surface area (Å²) in [6, 6.07) is 14.4. The maximum absolute atomic E-state index is 10.7. The summed E-state index contributed by atoms with van der Waals surface area (Å²) in [5.41, 5.74) is 1.37. The van der Waals surface area contributed by atoms with Crippen molar-refractivity contribution in [2.75, 3.05) is 0 Å². The van der Waals surface area contributed by atoms with Gasteiger partial charge in [0.2, 0.25) is 0 Å². The van der Waals surface area contributed by atoms with Crippen LogP contribution in [0.15, 0.2) is 54.7 Å². The fourth-order valence-electron chi connectivity index (χ4n) is 1.96. The number of carbonyl (C=O) groups excluding carboxylic acids is 1. The van der Waals surface area contributed by atoms with Gasteiger partial charge in [0.05, 0.1) is 10.5 Å². The molecular formula is C16H10ClNO2. The van der Waals surface area contributed by atoms with Gasteiger partial charge in [-0.3, -0.25) is 9.78 Å². The SMILES string of the molecule is O=Cc1ccc(Oc2cccc3ncccc23)c(Cl)c1. The van der Waals surface area contributed by atoms with E-state index in [4.69, 9.17) is 16.3 Å². The molecule has 3 aromatic rings. The Hall–Kier alpha value is -2.39. The molecule has 1 heterocycles. The first-order valence-corrected chi connectivity index (χ1v) is 6.42. The minimum Gasteiger partial charge on any atom is -0.455 e. The van der Waals surface area contributed by atoms with Crippen LogP contribution in [0.5, 0.6) is 11.5 Å². The summed E-state index contributed by atoms with van der Waals surface area (Å²) in [7, 11) is 0. The fourth-order valence-corrected chi connectivity index (χ4v) is 2.18. The third-order valence-electron chi connectivity index (χ3n) is 2.92. The maximum Gasteiger partial charge on any atom is 0.150 e. The molecule has 0 saturated heterocycles. The molecule has 98 valence electrons. The number of carbonyl (C=O) groups is 1. The van der Waals surface area contributed by atoms with E-state index in [1.807, 2.05) is 30.3 Å². The van der Waals surface area contributed by atoms with Gasteiger partial charge in [0, 0.05) is 17.1 Å². The lowest BCUT2D eigenvalue weighted by Crippen LogP contribution is -1.89. The molecule has 4 heteroatoms. The van der Waals surface area contributed by atoms with E-state index in [-0.39, 0.29) is 0 Å². The van der Waals surface area contributed by atoms with Crippen molar-refractivity contribution in [2.45, 2.75) is 0 Å².